The summed E-state index contributed by atoms with van der Waals surface area (Å²) in [5, 5.41) is 0. The summed E-state index contributed by atoms with van der Waals surface area (Å²) in [4.78, 5) is 22.2. The predicted octanol–water partition coefficient (Wildman–Crippen LogP) is 3.11. The molecule has 0 saturated carbocycles. The van der Waals surface area contributed by atoms with Gasteiger partial charge in [-0.1, -0.05) is 12.1 Å². The number of hydrogen-bond acceptors (Lipinski definition) is 4. The second-order valence-electron chi connectivity index (χ2n) is 6.12. The fourth-order valence-corrected chi connectivity index (χ4v) is 2.85. The van der Waals surface area contributed by atoms with Gasteiger partial charge in [0.25, 0.3) is 0 Å². The standard InChI is InChI=1S/C18H18F3N3O2/c19-18(20,21)14-6-4-13(5-7-14)11-16(25)24-10-1-3-15(12-24)26-17-22-8-2-9-23-17/h2,4-9,15H,1,3,10-12H2. The number of amides is 1. The molecule has 3 rings (SSSR count). The van der Waals surface area contributed by atoms with Crippen LogP contribution in [-0.4, -0.2) is 40.0 Å². The van der Waals surface area contributed by atoms with Crippen LogP contribution in [0.2, 0.25) is 0 Å². The van der Waals surface area contributed by atoms with E-state index in [0.29, 0.717) is 18.7 Å². The zero-order valence-corrected chi connectivity index (χ0v) is 13.9. The smallest absolute Gasteiger partial charge is 0.416 e. The van der Waals surface area contributed by atoms with Crippen molar-refractivity contribution in [2.75, 3.05) is 13.1 Å². The van der Waals surface area contributed by atoms with E-state index in [9.17, 15) is 18.0 Å². The van der Waals surface area contributed by atoms with E-state index in [4.69, 9.17) is 4.74 Å². The van der Waals surface area contributed by atoms with Gasteiger partial charge < -0.3 is 9.64 Å². The molecule has 0 N–H and O–H groups in total. The number of halogens is 3. The molecule has 1 aliphatic rings. The van der Waals surface area contributed by atoms with Crippen LogP contribution in [0.3, 0.4) is 0 Å². The highest BCUT2D eigenvalue weighted by Gasteiger charge is 2.30. The average Bonchev–Trinajstić information content (AvgIpc) is 2.62. The lowest BCUT2D eigenvalue weighted by Crippen LogP contribution is -2.45. The quantitative estimate of drug-likeness (QED) is 0.836. The van der Waals surface area contributed by atoms with E-state index in [0.717, 1.165) is 25.0 Å². The fourth-order valence-electron chi connectivity index (χ4n) is 2.85. The molecule has 5 nitrogen and oxygen atoms in total. The molecule has 1 aromatic heterocycles. The molecular weight excluding hydrogens is 347 g/mol. The lowest BCUT2D eigenvalue weighted by atomic mass is 10.1. The van der Waals surface area contributed by atoms with Gasteiger partial charge in [0.2, 0.25) is 5.91 Å². The fraction of sp³-hybridized carbons (Fsp3) is 0.389. The molecule has 1 atom stereocenters. The summed E-state index contributed by atoms with van der Waals surface area (Å²) in [7, 11) is 0. The zero-order valence-electron chi connectivity index (χ0n) is 13.9. The van der Waals surface area contributed by atoms with Gasteiger partial charge in [0.05, 0.1) is 18.5 Å². The van der Waals surface area contributed by atoms with Crippen LogP contribution in [-0.2, 0) is 17.4 Å². The van der Waals surface area contributed by atoms with Gasteiger partial charge in [-0.3, -0.25) is 4.79 Å². The van der Waals surface area contributed by atoms with Crippen molar-refractivity contribution in [1.29, 1.82) is 0 Å². The molecule has 1 amide bonds. The third-order valence-electron chi connectivity index (χ3n) is 4.18. The lowest BCUT2D eigenvalue weighted by molar-refractivity contribution is -0.137. The second-order valence-corrected chi connectivity index (χ2v) is 6.12. The summed E-state index contributed by atoms with van der Waals surface area (Å²) in [6.07, 6.45) is 0.241. The Balaban J connectivity index is 1.57. The van der Waals surface area contributed by atoms with Crippen LogP contribution >= 0.6 is 0 Å². The van der Waals surface area contributed by atoms with Crippen molar-refractivity contribution in [2.24, 2.45) is 0 Å². The first kappa shape index (κ1) is 18.2. The number of benzene rings is 1. The number of piperidine rings is 1. The number of alkyl halides is 3. The second kappa shape index (κ2) is 7.72. The highest BCUT2D eigenvalue weighted by molar-refractivity contribution is 5.79. The molecule has 26 heavy (non-hydrogen) atoms. The van der Waals surface area contributed by atoms with Crippen molar-refractivity contribution < 1.29 is 22.7 Å². The summed E-state index contributed by atoms with van der Waals surface area (Å²) >= 11 is 0. The van der Waals surface area contributed by atoms with Crippen molar-refractivity contribution in [3.05, 3.63) is 53.9 Å². The van der Waals surface area contributed by atoms with Gasteiger partial charge in [-0.15, -0.1) is 0 Å². The van der Waals surface area contributed by atoms with Crippen molar-refractivity contribution in [1.82, 2.24) is 14.9 Å². The number of carbonyl (C=O) groups is 1. The molecule has 0 radical (unpaired) electrons. The van der Waals surface area contributed by atoms with E-state index in [-0.39, 0.29) is 24.4 Å². The zero-order chi connectivity index (χ0) is 18.6. The molecular formula is C18H18F3N3O2. The van der Waals surface area contributed by atoms with E-state index in [1.165, 1.54) is 12.1 Å². The molecule has 0 aliphatic carbocycles. The average molecular weight is 365 g/mol. The number of carbonyl (C=O) groups excluding carboxylic acids is 1. The minimum Gasteiger partial charge on any atom is -0.458 e. The minimum absolute atomic E-state index is 0.0622. The van der Waals surface area contributed by atoms with Gasteiger partial charge in [0, 0.05) is 18.9 Å². The molecule has 0 spiro atoms. The number of rotatable bonds is 4. The first-order chi connectivity index (χ1) is 12.4. The van der Waals surface area contributed by atoms with Crippen LogP contribution in [0.4, 0.5) is 13.2 Å². The van der Waals surface area contributed by atoms with Crippen LogP contribution in [0.25, 0.3) is 0 Å². The Morgan fingerprint density at radius 3 is 2.54 bits per heavy atom. The molecule has 1 aromatic carbocycles. The minimum atomic E-state index is -4.38. The molecule has 2 heterocycles. The van der Waals surface area contributed by atoms with Gasteiger partial charge in [0.15, 0.2) is 0 Å². The Morgan fingerprint density at radius 1 is 1.19 bits per heavy atom. The molecule has 138 valence electrons. The molecule has 1 aliphatic heterocycles. The van der Waals surface area contributed by atoms with E-state index < -0.39 is 11.7 Å². The third-order valence-corrected chi connectivity index (χ3v) is 4.18. The number of aromatic nitrogens is 2. The normalized spacial score (nSPS) is 17.8. The van der Waals surface area contributed by atoms with Gasteiger partial charge >= 0.3 is 12.2 Å². The lowest BCUT2D eigenvalue weighted by Gasteiger charge is -2.32. The van der Waals surface area contributed by atoms with Crippen molar-refractivity contribution in [3.63, 3.8) is 0 Å². The monoisotopic (exact) mass is 365 g/mol. The molecule has 2 aromatic rings. The number of ether oxygens (including phenoxy) is 1. The van der Waals surface area contributed by atoms with Crippen molar-refractivity contribution >= 4 is 5.91 Å². The Labute approximate surface area is 148 Å². The number of nitrogens with zero attached hydrogens (tertiary/aromatic N) is 3. The maximum atomic E-state index is 12.6. The summed E-state index contributed by atoms with van der Waals surface area (Å²) < 4.78 is 43.5. The Hall–Kier alpha value is -2.64. The summed E-state index contributed by atoms with van der Waals surface area (Å²) in [6, 6.07) is 6.64. The summed E-state index contributed by atoms with van der Waals surface area (Å²) in [5.74, 6) is -0.132. The van der Waals surface area contributed by atoms with E-state index in [1.54, 1.807) is 23.4 Å². The number of hydrogen-bond donors (Lipinski definition) is 0. The first-order valence-electron chi connectivity index (χ1n) is 8.29. The van der Waals surface area contributed by atoms with Crippen molar-refractivity contribution in [2.45, 2.75) is 31.5 Å². The predicted molar refractivity (Wildman–Crippen MR) is 87.4 cm³/mol. The summed E-state index contributed by atoms with van der Waals surface area (Å²) in [6.45, 7) is 1.02. The van der Waals surface area contributed by atoms with Crippen LogP contribution in [0.1, 0.15) is 24.0 Å². The largest absolute Gasteiger partial charge is 0.458 e. The third kappa shape index (κ3) is 4.71. The highest BCUT2D eigenvalue weighted by atomic mass is 19.4. The molecule has 8 heteroatoms. The van der Waals surface area contributed by atoms with Gasteiger partial charge in [0.1, 0.15) is 6.10 Å². The Kier molecular flexibility index (Phi) is 5.39. The van der Waals surface area contributed by atoms with E-state index in [2.05, 4.69) is 9.97 Å². The first-order valence-corrected chi connectivity index (χ1v) is 8.29. The van der Waals surface area contributed by atoms with Crippen LogP contribution in [0, 0.1) is 0 Å². The SMILES string of the molecule is O=C(Cc1ccc(C(F)(F)F)cc1)N1CCCC(Oc2ncccn2)C1. The van der Waals surface area contributed by atoms with Crippen LogP contribution < -0.4 is 4.74 Å². The Bertz CT molecular complexity index is 736. The molecule has 1 saturated heterocycles. The van der Waals surface area contributed by atoms with E-state index in [1.807, 2.05) is 0 Å². The van der Waals surface area contributed by atoms with Gasteiger partial charge in [-0.05, 0) is 36.6 Å². The van der Waals surface area contributed by atoms with E-state index >= 15 is 0 Å². The Morgan fingerprint density at radius 2 is 1.88 bits per heavy atom. The maximum absolute atomic E-state index is 12.6. The molecule has 1 unspecified atom stereocenters. The van der Waals surface area contributed by atoms with Crippen LogP contribution in [0.15, 0.2) is 42.7 Å². The number of likely N-dealkylation sites (tertiary alicyclic amines) is 1. The van der Waals surface area contributed by atoms with Crippen LogP contribution in [0.5, 0.6) is 6.01 Å². The topological polar surface area (TPSA) is 55.3 Å². The summed E-state index contributed by atoms with van der Waals surface area (Å²) in [5.41, 5.74) is -0.166. The molecule has 0 bridgehead atoms. The highest BCUT2D eigenvalue weighted by Crippen LogP contribution is 2.29. The van der Waals surface area contributed by atoms with Crippen molar-refractivity contribution in [3.8, 4) is 6.01 Å². The van der Waals surface area contributed by atoms with Gasteiger partial charge in [-0.2, -0.15) is 13.2 Å². The maximum Gasteiger partial charge on any atom is 0.416 e. The van der Waals surface area contributed by atoms with Gasteiger partial charge in [-0.25, -0.2) is 9.97 Å². The molecule has 1 fully saturated rings.